The van der Waals surface area contributed by atoms with E-state index in [-0.39, 0.29) is 4.90 Å². The minimum atomic E-state index is -3.64. The minimum Gasteiger partial charge on any atom is -0.253 e. The first-order chi connectivity index (χ1) is 11.0. The quantitative estimate of drug-likeness (QED) is 0.802. The molecule has 0 radical (unpaired) electrons. The Bertz CT molecular complexity index is 984. The van der Waals surface area contributed by atoms with E-state index in [0.717, 1.165) is 28.7 Å². The monoisotopic (exact) mass is 325 g/mol. The smallest absolute Gasteiger partial charge is 0.238 e. The molecule has 0 saturated heterocycles. The number of fused-ring (bicyclic) bond motifs is 1. The van der Waals surface area contributed by atoms with Gasteiger partial charge in [0.1, 0.15) is 0 Å². The van der Waals surface area contributed by atoms with Crippen molar-refractivity contribution in [3.05, 3.63) is 66.0 Å². The summed E-state index contributed by atoms with van der Waals surface area (Å²) in [5.74, 6) is 0.701. The number of para-hydroxylation sites is 2. The van der Waals surface area contributed by atoms with Gasteiger partial charge in [0.05, 0.1) is 21.6 Å². The van der Waals surface area contributed by atoms with Gasteiger partial charge in [-0.05, 0) is 42.2 Å². The molecule has 2 aromatic carbocycles. The van der Waals surface area contributed by atoms with Gasteiger partial charge in [-0.3, -0.25) is 4.98 Å². The maximum Gasteiger partial charge on any atom is 0.238 e. The summed E-state index contributed by atoms with van der Waals surface area (Å²) >= 11 is 0. The Balaban J connectivity index is 1.59. The Morgan fingerprint density at radius 3 is 2.35 bits per heavy atom. The van der Waals surface area contributed by atoms with Gasteiger partial charge in [0.15, 0.2) is 0 Å². The molecule has 1 aliphatic rings. The average Bonchev–Trinajstić information content (AvgIpc) is 3.34. The maximum atomic E-state index is 11.3. The Morgan fingerprint density at radius 2 is 1.65 bits per heavy atom. The molecule has 1 aliphatic carbocycles. The van der Waals surface area contributed by atoms with Crippen molar-refractivity contribution in [3.8, 4) is 0 Å². The largest absolute Gasteiger partial charge is 0.253 e. The van der Waals surface area contributed by atoms with Crippen LogP contribution in [0.25, 0.3) is 11.0 Å². The van der Waals surface area contributed by atoms with Gasteiger partial charge in [0.25, 0.3) is 0 Å². The van der Waals surface area contributed by atoms with Crippen LogP contribution in [0, 0.1) is 0 Å². The van der Waals surface area contributed by atoms with Crippen LogP contribution in [-0.2, 0) is 10.0 Å². The second kappa shape index (κ2) is 5.11. The molecule has 0 spiro atoms. The average molecular weight is 325 g/mol. The van der Waals surface area contributed by atoms with Crippen LogP contribution in [0.5, 0.6) is 0 Å². The highest BCUT2D eigenvalue weighted by Crippen LogP contribution is 2.54. The maximum absolute atomic E-state index is 11.3. The zero-order valence-corrected chi connectivity index (χ0v) is 13.1. The summed E-state index contributed by atoms with van der Waals surface area (Å²) in [5.41, 5.74) is 3.90. The summed E-state index contributed by atoms with van der Waals surface area (Å²) in [4.78, 5) is 9.29. The first-order valence-electron chi connectivity index (χ1n) is 7.37. The van der Waals surface area contributed by atoms with Crippen LogP contribution in [-0.4, -0.2) is 18.4 Å². The van der Waals surface area contributed by atoms with Gasteiger partial charge in [-0.25, -0.2) is 18.5 Å². The number of benzene rings is 2. The summed E-state index contributed by atoms with van der Waals surface area (Å²) in [6.45, 7) is 0. The second-order valence-electron chi connectivity index (χ2n) is 5.85. The minimum absolute atomic E-state index is 0.143. The zero-order valence-electron chi connectivity index (χ0n) is 12.3. The fraction of sp³-hybridized carbons (Fsp3) is 0.176. The standard InChI is InChI=1S/C17H15N3O2S/c18-23(21,22)12-7-5-11(6-8-12)13-9-14(13)17-10-19-15-3-1-2-4-16(15)20-17/h1-8,10,13-14H,9H2,(H2,18,21,22)/t13-,14+/m0/s1. The number of nitrogens with two attached hydrogens (primary N) is 1. The first-order valence-corrected chi connectivity index (χ1v) is 8.91. The van der Waals surface area contributed by atoms with E-state index < -0.39 is 10.0 Å². The first kappa shape index (κ1) is 14.3. The molecule has 1 aromatic heterocycles. The lowest BCUT2D eigenvalue weighted by molar-refractivity contribution is 0.598. The fourth-order valence-electron chi connectivity index (χ4n) is 2.95. The van der Waals surface area contributed by atoms with E-state index in [4.69, 9.17) is 10.1 Å². The lowest BCUT2D eigenvalue weighted by Gasteiger charge is -2.04. The van der Waals surface area contributed by atoms with Gasteiger partial charge in [0.2, 0.25) is 10.0 Å². The summed E-state index contributed by atoms with van der Waals surface area (Å²) in [5, 5.41) is 5.12. The van der Waals surface area contributed by atoms with E-state index in [9.17, 15) is 8.42 Å². The highest BCUT2D eigenvalue weighted by molar-refractivity contribution is 7.89. The van der Waals surface area contributed by atoms with Crippen molar-refractivity contribution in [2.75, 3.05) is 0 Å². The summed E-state index contributed by atoms with van der Waals surface area (Å²) < 4.78 is 22.6. The number of hydrogen-bond acceptors (Lipinski definition) is 4. The van der Waals surface area contributed by atoms with E-state index in [1.54, 1.807) is 12.1 Å². The molecular weight excluding hydrogens is 310 g/mol. The van der Waals surface area contributed by atoms with Crippen molar-refractivity contribution in [3.63, 3.8) is 0 Å². The van der Waals surface area contributed by atoms with Gasteiger partial charge in [-0.1, -0.05) is 24.3 Å². The number of aromatic nitrogens is 2. The van der Waals surface area contributed by atoms with Crippen LogP contribution >= 0.6 is 0 Å². The lowest BCUT2D eigenvalue weighted by atomic mass is 10.1. The molecule has 1 saturated carbocycles. The number of nitrogens with zero attached hydrogens (tertiary/aromatic N) is 2. The Kier molecular flexibility index (Phi) is 3.18. The number of primary sulfonamides is 1. The van der Waals surface area contributed by atoms with Crippen LogP contribution in [0.3, 0.4) is 0 Å². The third kappa shape index (κ3) is 2.71. The molecule has 5 nitrogen and oxygen atoms in total. The van der Waals surface area contributed by atoms with Crippen LogP contribution in [0.4, 0.5) is 0 Å². The molecule has 2 N–H and O–H groups in total. The Morgan fingerprint density at radius 1 is 0.957 bits per heavy atom. The zero-order chi connectivity index (χ0) is 16.0. The van der Waals surface area contributed by atoms with Crippen molar-refractivity contribution in [1.29, 1.82) is 0 Å². The van der Waals surface area contributed by atoms with Crippen LogP contribution in [0.15, 0.2) is 59.6 Å². The highest BCUT2D eigenvalue weighted by Gasteiger charge is 2.40. The summed E-state index contributed by atoms with van der Waals surface area (Å²) in [6, 6.07) is 14.6. The van der Waals surface area contributed by atoms with Gasteiger partial charge in [-0.2, -0.15) is 0 Å². The highest BCUT2D eigenvalue weighted by atomic mass is 32.2. The van der Waals surface area contributed by atoms with Gasteiger partial charge in [0, 0.05) is 12.1 Å². The molecule has 0 unspecified atom stereocenters. The number of hydrogen-bond donors (Lipinski definition) is 1. The molecule has 0 aliphatic heterocycles. The third-order valence-electron chi connectivity index (χ3n) is 4.27. The van der Waals surface area contributed by atoms with Crippen molar-refractivity contribution in [2.45, 2.75) is 23.2 Å². The van der Waals surface area contributed by atoms with Crippen LogP contribution < -0.4 is 5.14 Å². The Labute approximate surface area is 134 Å². The van der Waals surface area contributed by atoms with Crippen molar-refractivity contribution >= 4 is 21.1 Å². The number of rotatable bonds is 3. The predicted molar refractivity (Wildman–Crippen MR) is 87.5 cm³/mol. The SMILES string of the molecule is NS(=O)(=O)c1ccc([C@@H]2C[C@H]2c2cnc3ccccc3n2)cc1. The van der Waals surface area contributed by atoms with E-state index in [0.29, 0.717) is 11.8 Å². The molecule has 2 atom stereocenters. The molecular formula is C17H15N3O2S. The van der Waals surface area contributed by atoms with Gasteiger partial charge >= 0.3 is 0 Å². The fourth-order valence-corrected chi connectivity index (χ4v) is 3.46. The number of sulfonamides is 1. The third-order valence-corrected chi connectivity index (χ3v) is 5.20. The van der Waals surface area contributed by atoms with E-state index in [1.165, 1.54) is 0 Å². The normalized spacial score (nSPS) is 20.6. The molecule has 0 bridgehead atoms. The molecule has 1 fully saturated rings. The molecule has 0 amide bonds. The summed E-state index contributed by atoms with van der Waals surface area (Å²) in [6.07, 6.45) is 2.84. The molecule has 23 heavy (non-hydrogen) atoms. The Hall–Kier alpha value is -2.31. The van der Waals surface area contributed by atoms with Crippen LogP contribution in [0.1, 0.15) is 29.5 Å². The molecule has 1 heterocycles. The molecule has 3 aromatic rings. The van der Waals surface area contributed by atoms with Crippen LogP contribution in [0.2, 0.25) is 0 Å². The molecule has 4 rings (SSSR count). The topological polar surface area (TPSA) is 85.9 Å². The summed E-state index contributed by atoms with van der Waals surface area (Å²) in [7, 11) is -3.64. The van der Waals surface area contributed by atoms with Crippen molar-refractivity contribution < 1.29 is 8.42 Å². The van der Waals surface area contributed by atoms with E-state index >= 15 is 0 Å². The van der Waals surface area contributed by atoms with E-state index in [1.807, 2.05) is 42.6 Å². The van der Waals surface area contributed by atoms with Gasteiger partial charge in [-0.15, -0.1) is 0 Å². The van der Waals surface area contributed by atoms with Crippen molar-refractivity contribution in [1.82, 2.24) is 9.97 Å². The molecule has 6 heteroatoms. The van der Waals surface area contributed by atoms with Crippen molar-refractivity contribution in [2.24, 2.45) is 5.14 Å². The second-order valence-corrected chi connectivity index (χ2v) is 7.41. The van der Waals surface area contributed by atoms with E-state index in [2.05, 4.69) is 4.98 Å². The lowest BCUT2D eigenvalue weighted by Crippen LogP contribution is -2.11. The van der Waals surface area contributed by atoms with Gasteiger partial charge < -0.3 is 0 Å². The molecule has 116 valence electrons. The predicted octanol–water partition coefficient (Wildman–Crippen LogP) is 2.55.